The molecule has 0 spiro atoms. The third-order valence-corrected chi connectivity index (χ3v) is 9.22. The number of halogens is 1. The molecule has 5 rings (SSSR count). The Kier molecular flexibility index (Phi) is 11.3. The lowest BCUT2D eigenvalue weighted by Gasteiger charge is -2.48. The lowest BCUT2D eigenvalue weighted by molar-refractivity contribution is -0.138. The van der Waals surface area contributed by atoms with Crippen molar-refractivity contribution in [3.05, 3.63) is 100 Å². The molecule has 2 unspecified atom stereocenters. The number of carbonyl (C=O) groups excluding carboxylic acids is 2. The maximum atomic E-state index is 14.3. The number of hydroxylamine groups is 1. The number of carboxylic acids is 1. The van der Waals surface area contributed by atoms with Crippen molar-refractivity contribution < 1.29 is 33.3 Å². The molecule has 0 saturated heterocycles. The highest BCUT2D eigenvalue weighted by Crippen LogP contribution is 2.46. The second-order valence-electron chi connectivity index (χ2n) is 11.5. The molecule has 12 heteroatoms. The molecule has 2 N–H and O–H groups in total. The van der Waals surface area contributed by atoms with E-state index in [0.29, 0.717) is 41.2 Å². The van der Waals surface area contributed by atoms with Gasteiger partial charge in [-0.15, -0.1) is 0 Å². The normalized spacial score (nSPS) is 21.8. The Morgan fingerprint density at radius 3 is 2.59 bits per heavy atom. The number of carboxylic acid groups (broad SMARTS) is 1. The fourth-order valence-electron chi connectivity index (χ4n) is 6.37. The molecule has 3 aromatic rings. The van der Waals surface area contributed by atoms with Crippen LogP contribution >= 0.6 is 11.6 Å². The van der Waals surface area contributed by atoms with Gasteiger partial charge in [-0.3, -0.25) is 23.4 Å². The van der Waals surface area contributed by atoms with E-state index in [0.717, 1.165) is 24.0 Å². The van der Waals surface area contributed by atoms with E-state index in [1.54, 1.807) is 59.7 Å². The van der Waals surface area contributed by atoms with Crippen LogP contribution in [0.15, 0.2) is 77.2 Å². The first-order chi connectivity index (χ1) is 22.2. The predicted molar refractivity (Wildman–Crippen MR) is 175 cm³/mol. The summed E-state index contributed by atoms with van der Waals surface area (Å²) in [5, 5.41) is 9.36. The van der Waals surface area contributed by atoms with E-state index < -0.39 is 34.4 Å². The lowest BCUT2D eigenvalue weighted by atomic mass is 9.76. The molecule has 1 heterocycles. The maximum Gasteiger partial charge on any atom is 0.303 e. The predicted octanol–water partition coefficient (Wildman–Crippen LogP) is 5.72. The number of rotatable bonds is 12. The van der Waals surface area contributed by atoms with E-state index in [-0.39, 0.29) is 37.6 Å². The van der Waals surface area contributed by atoms with E-state index in [4.69, 9.17) is 26.3 Å². The summed E-state index contributed by atoms with van der Waals surface area (Å²) in [6.07, 6.45) is 5.17. The van der Waals surface area contributed by atoms with Gasteiger partial charge in [-0.2, -0.15) is 0 Å². The van der Waals surface area contributed by atoms with E-state index >= 15 is 0 Å². The number of nitrogens with one attached hydrogen (secondary N) is 1. The van der Waals surface area contributed by atoms with Gasteiger partial charge in [-0.1, -0.05) is 66.9 Å². The van der Waals surface area contributed by atoms with Crippen LogP contribution in [0.4, 0.5) is 0 Å². The largest absolute Gasteiger partial charge is 0.494 e. The standard InChI is InChI=1S/C34H38ClN3O7S/c1-46(43)37-28-12-4-5-13-29(28)38-32(23-15-17-24(35)18-16-23)31(26-10-2-3-11-27(26)34(38)42)33(41)36-45-21-22-8-6-9-25(20-22)44-19-7-14-30(39)40/h2-3,6,8-11,15-18,20,28-29,31-32,46H,4-5,7,12-14,19,21H2,1H3,(H,36,41)(H,39,40)/t28-,29?,31+,32-/m0/s1. The molecule has 3 aromatic carbocycles. The summed E-state index contributed by atoms with van der Waals surface area (Å²) in [6.45, 7) is 0.313. The molecule has 0 aromatic heterocycles. The number of hydrogen-bond donors (Lipinski definition) is 3. The van der Waals surface area contributed by atoms with Gasteiger partial charge in [0.1, 0.15) is 5.75 Å². The first kappa shape index (κ1) is 33.4. The second-order valence-corrected chi connectivity index (χ2v) is 13.1. The van der Waals surface area contributed by atoms with Crippen LogP contribution in [-0.4, -0.2) is 56.9 Å². The van der Waals surface area contributed by atoms with Gasteiger partial charge >= 0.3 is 5.97 Å². The molecular weight excluding hydrogens is 630 g/mol. The van der Waals surface area contributed by atoms with Gasteiger partial charge in [0.15, 0.2) is 0 Å². The number of benzene rings is 3. The van der Waals surface area contributed by atoms with Crippen LogP contribution in [0.2, 0.25) is 5.02 Å². The summed E-state index contributed by atoms with van der Waals surface area (Å²) in [5.41, 5.74) is 5.15. The summed E-state index contributed by atoms with van der Waals surface area (Å²) >= 11 is 6.25. The average Bonchev–Trinajstić information content (AvgIpc) is 3.04. The quantitative estimate of drug-likeness (QED) is 0.128. The zero-order valence-corrected chi connectivity index (χ0v) is 27.2. The van der Waals surface area contributed by atoms with Crippen LogP contribution in [-0.2, 0) is 31.6 Å². The second kappa shape index (κ2) is 15.6. The maximum absolute atomic E-state index is 14.3. The zero-order chi connectivity index (χ0) is 32.6. The van der Waals surface area contributed by atoms with Gasteiger partial charge < -0.3 is 14.7 Å². The molecule has 2 aliphatic rings. The first-order valence-corrected chi connectivity index (χ1v) is 17.4. The third kappa shape index (κ3) is 8.07. The van der Waals surface area contributed by atoms with E-state index in [1.165, 1.54) is 0 Å². The summed E-state index contributed by atoms with van der Waals surface area (Å²) in [5.74, 6) is -1.75. The highest BCUT2D eigenvalue weighted by molar-refractivity contribution is 7.74. The molecule has 0 radical (unpaired) electrons. The van der Waals surface area contributed by atoms with E-state index in [1.807, 2.05) is 24.3 Å². The number of fused-ring (bicyclic) bond motifs is 1. The first-order valence-electron chi connectivity index (χ1n) is 15.4. The van der Waals surface area contributed by atoms with Crippen molar-refractivity contribution in [1.29, 1.82) is 0 Å². The Morgan fingerprint density at radius 1 is 1.07 bits per heavy atom. The monoisotopic (exact) mass is 667 g/mol. The lowest BCUT2D eigenvalue weighted by Crippen LogP contribution is -2.55. The molecule has 5 atom stereocenters. The van der Waals surface area contributed by atoms with E-state index in [2.05, 4.69) is 9.84 Å². The Bertz CT molecular complexity index is 1640. The number of hydrogen-bond acceptors (Lipinski definition) is 7. The van der Waals surface area contributed by atoms with Crippen molar-refractivity contribution in [2.75, 3.05) is 12.9 Å². The molecular formula is C34H38ClN3O7S. The van der Waals surface area contributed by atoms with Crippen LogP contribution < -0.4 is 10.2 Å². The molecule has 10 nitrogen and oxygen atoms in total. The van der Waals surface area contributed by atoms with Crippen LogP contribution in [0.5, 0.6) is 5.75 Å². The fourth-order valence-corrected chi connectivity index (χ4v) is 7.18. The summed E-state index contributed by atoms with van der Waals surface area (Å²) < 4.78 is 22.5. The number of aliphatic carboxylic acids is 1. The highest BCUT2D eigenvalue weighted by atomic mass is 35.5. The molecule has 0 bridgehead atoms. The minimum atomic E-state index is -1.79. The number of amides is 2. The molecule has 1 fully saturated rings. The summed E-state index contributed by atoms with van der Waals surface area (Å²) in [6, 6.07) is 20.1. The van der Waals surface area contributed by atoms with Crippen molar-refractivity contribution in [3.8, 4) is 5.75 Å². The average molecular weight is 668 g/mol. The SMILES string of the molecule is C/[SH](=O)=N\[C@H]1CCCCC1N1C(=O)c2ccccc2[C@@H](C(=O)NOCc2cccc(OCCCC(=O)O)c2)[C@@H]1c1ccc(Cl)cc1. The highest BCUT2D eigenvalue weighted by Gasteiger charge is 2.48. The Morgan fingerprint density at radius 2 is 1.83 bits per heavy atom. The Hall–Kier alpha value is -3.93. The number of carbonyl (C=O) groups is 3. The van der Waals surface area contributed by atoms with Crippen molar-refractivity contribution in [2.24, 2.45) is 4.36 Å². The van der Waals surface area contributed by atoms with Crippen LogP contribution in [0.25, 0.3) is 0 Å². The Labute approximate surface area is 275 Å². The van der Waals surface area contributed by atoms with Gasteiger partial charge in [0.2, 0.25) is 0 Å². The topological polar surface area (TPSA) is 135 Å². The minimum absolute atomic E-state index is 0.0217. The van der Waals surface area contributed by atoms with Gasteiger partial charge in [0.05, 0.1) is 37.3 Å². The zero-order valence-electron chi connectivity index (χ0n) is 25.5. The van der Waals surface area contributed by atoms with Crippen LogP contribution in [0.3, 0.4) is 0 Å². The smallest absolute Gasteiger partial charge is 0.303 e. The minimum Gasteiger partial charge on any atom is -0.494 e. The van der Waals surface area contributed by atoms with Crippen molar-refractivity contribution >= 4 is 40.0 Å². The van der Waals surface area contributed by atoms with E-state index in [9.17, 15) is 18.6 Å². The third-order valence-electron chi connectivity index (χ3n) is 8.35. The van der Waals surface area contributed by atoms with Crippen molar-refractivity contribution in [2.45, 2.75) is 69.2 Å². The number of nitrogens with zero attached hydrogens (tertiary/aromatic N) is 2. The van der Waals surface area contributed by atoms with Gasteiger partial charge in [-0.05, 0) is 66.3 Å². The molecule has 244 valence electrons. The molecule has 2 amide bonds. The van der Waals surface area contributed by atoms with Crippen molar-refractivity contribution in [3.63, 3.8) is 0 Å². The number of thiol groups is 1. The van der Waals surface area contributed by atoms with Gasteiger partial charge in [-0.25, -0.2) is 9.84 Å². The summed E-state index contributed by atoms with van der Waals surface area (Å²) in [7, 11) is -1.79. The van der Waals surface area contributed by atoms with Crippen LogP contribution in [0, 0.1) is 0 Å². The van der Waals surface area contributed by atoms with Gasteiger partial charge in [0.25, 0.3) is 11.8 Å². The van der Waals surface area contributed by atoms with Crippen molar-refractivity contribution in [1.82, 2.24) is 10.4 Å². The Balaban J connectivity index is 1.43. The van der Waals surface area contributed by atoms with Crippen LogP contribution in [0.1, 0.15) is 77.5 Å². The fraction of sp³-hybridized carbons (Fsp3) is 0.382. The molecule has 46 heavy (non-hydrogen) atoms. The molecule has 1 aliphatic carbocycles. The molecule has 1 saturated carbocycles. The summed E-state index contributed by atoms with van der Waals surface area (Å²) in [4.78, 5) is 46.7. The van der Waals surface area contributed by atoms with Gasteiger partial charge in [0, 0.05) is 33.9 Å². The molecule has 1 aliphatic heterocycles. The number of ether oxygens (including phenoxy) is 1.